The van der Waals surface area contributed by atoms with Gasteiger partial charge in [-0.3, -0.25) is 14.2 Å². The second-order valence-electron chi connectivity index (χ2n) is 12.2. The maximum atomic E-state index is 14.7. The Labute approximate surface area is 261 Å². The van der Waals surface area contributed by atoms with Crippen LogP contribution in [-0.2, 0) is 11.3 Å². The fourth-order valence-electron chi connectivity index (χ4n) is 5.04. The van der Waals surface area contributed by atoms with Gasteiger partial charge in [0.1, 0.15) is 17.2 Å². The number of nitrogens with zero attached hydrogens (tertiary/aromatic N) is 4. The van der Waals surface area contributed by atoms with Crippen molar-refractivity contribution in [1.29, 1.82) is 0 Å². The summed E-state index contributed by atoms with van der Waals surface area (Å²) in [6, 6.07) is 13.3. The van der Waals surface area contributed by atoms with Crippen LogP contribution in [0.15, 0.2) is 53.3 Å². The third-order valence-electron chi connectivity index (χ3n) is 7.14. The lowest BCUT2D eigenvalue weighted by atomic mass is 9.98. The molecule has 0 bridgehead atoms. The van der Waals surface area contributed by atoms with Crippen molar-refractivity contribution in [3.63, 3.8) is 0 Å². The number of rotatable bonds is 10. The molecule has 2 aromatic carbocycles. The van der Waals surface area contributed by atoms with Crippen molar-refractivity contribution >= 4 is 33.7 Å². The molecule has 234 valence electrons. The fraction of sp³-hybridized carbons (Fsp3) is 0.424. The Kier molecular flexibility index (Phi) is 10.2. The van der Waals surface area contributed by atoms with Gasteiger partial charge in [-0.1, -0.05) is 50.2 Å². The zero-order valence-corrected chi connectivity index (χ0v) is 27.1. The number of amides is 2. The maximum Gasteiger partial charge on any atom is 0.407 e. The fourth-order valence-corrected chi connectivity index (χ4v) is 5.81. The van der Waals surface area contributed by atoms with Crippen LogP contribution in [0.5, 0.6) is 0 Å². The van der Waals surface area contributed by atoms with E-state index in [1.807, 2.05) is 44.2 Å². The number of carbonyl (C=O) groups excluding carboxylic acids is 2. The van der Waals surface area contributed by atoms with E-state index in [0.717, 1.165) is 17.1 Å². The number of carbonyl (C=O) groups is 2. The minimum atomic E-state index is -0.656. The monoisotopic (exact) mass is 621 g/mol. The van der Waals surface area contributed by atoms with Crippen molar-refractivity contribution in [3.8, 4) is 0 Å². The molecule has 1 unspecified atom stereocenters. The van der Waals surface area contributed by atoms with Gasteiger partial charge in [0.15, 0.2) is 4.83 Å². The lowest BCUT2D eigenvalue weighted by Crippen LogP contribution is -2.43. The molecule has 9 nitrogen and oxygen atoms in total. The van der Waals surface area contributed by atoms with Crippen molar-refractivity contribution in [1.82, 2.24) is 24.1 Å². The van der Waals surface area contributed by atoms with Crippen molar-refractivity contribution < 1.29 is 18.7 Å². The first kappa shape index (κ1) is 32.8. The van der Waals surface area contributed by atoms with Crippen molar-refractivity contribution in [2.45, 2.75) is 73.1 Å². The van der Waals surface area contributed by atoms with Gasteiger partial charge in [-0.2, -0.15) is 4.37 Å². The number of fused-ring (bicyclic) bond motifs is 1. The Balaban J connectivity index is 1.79. The van der Waals surface area contributed by atoms with E-state index in [9.17, 15) is 18.8 Å². The second-order valence-corrected chi connectivity index (χ2v) is 13.0. The summed E-state index contributed by atoms with van der Waals surface area (Å²) in [5.74, 6) is -0.649. The summed E-state index contributed by atoms with van der Waals surface area (Å²) >= 11 is 1.15. The van der Waals surface area contributed by atoms with Gasteiger partial charge >= 0.3 is 6.09 Å². The molecule has 2 heterocycles. The van der Waals surface area contributed by atoms with Crippen LogP contribution in [-0.4, -0.2) is 49.5 Å². The molecular weight excluding hydrogens is 581 g/mol. The summed E-state index contributed by atoms with van der Waals surface area (Å²) in [6.45, 7) is 13.4. The Morgan fingerprint density at radius 2 is 1.82 bits per heavy atom. The number of nitrogens with one attached hydrogen (secondary N) is 1. The third kappa shape index (κ3) is 7.68. The first-order chi connectivity index (χ1) is 20.8. The van der Waals surface area contributed by atoms with E-state index in [1.54, 1.807) is 56.2 Å². The SMILES string of the molecule is Cc1ccc(C(=O)N(CCCNC(=O)OC(C)(C)C)C(c2nc3snc(C)c3c(=O)n2Cc2ccccc2)C(C)C)cc1F. The highest BCUT2D eigenvalue weighted by Crippen LogP contribution is 2.31. The number of hydrogen-bond donors (Lipinski definition) is 1. The molecule has 4 rings (SSSR count). The van der Waals surface area contributed by atoms with Crippen LogP contribution in [0, 0.1) is 25.6 Å². The molecule has 11 heteroatoms. The second kappa shape index (κ2) is 13.7. The van der Waals surface area contributed by atoms with Gasteiger partial charge in [0, 0.05) is 18.7 Å². The topological polar surface area (TPSA) is 106 Å². The van der Waals surface area contributed by atoms with E-state index >= 15 is 0 Å². The first-order valence-corrected chi connectivity index (χ1v) is 15.5. The molecule has 2 aromatic heterocycles. The number of halogens is 1. The van der Waals surface area contributed by atoms with Crippen molar-refractivity contribution in [3.05, 3.63) is 92.9 Å². The summed E-state index contributed by atoms with van der Waals surface area (Å²) < 4.78 is 26.0. The number of alkyl carbamates (subject to hydrolysis) is 1. The summed E-state index contributed by atoms with van der Waals surface area (Å²) in [6.07, 6.45) is -0.173. The van der Waals surface area contributed by atoms with E-state index in [4.69, 9.17) is 9.72 Å². The van der Waals surface area contributed by atoms with Crippen LogP contribution in [0.3, 0.4) is 0 Å². The number of ether oxygens (including phenoxy) is 1. The molecule has 0 saturated heterocycles. The lowest BCUT2D eigenvalue weighted by molar-refractivity contribution is 0.0519. The summed E-state index contributed by atoms with van der Waals surface area (Å²) in [4.78, 5) is 47.6. The van der Waals surface area contributed by atoms with Gasteiger partial charge in [0.25, 0.3) is 11.5 Å². The zero-order valence-electron chi connectivity index (χ0n) is 26.3. The van der Waals surface area contributed by atoms with Crippen LogP contribution >= 0.6 is 11.5 Å². The standard InChI is InChI=1S/C33H40FN5O4S/c1-20(2)27(28-36-29-26(22(4)37-44-29)31(41)39(28)19-23-12-9-8-10-13-23)38(17-11-16-35-32(42)43-33(5,6)7)30(40)24-15-14-21(3)25(34)18-24/h8-10,12-15,18,20,27H,11,16-17,19H2,1-7H3,(H,35,42). The highest BCUT2D eigenvalue weighted by molar-refractivity contribution is 7.12. The molecule has 1 atom stereocenters. The molecule has 0 aliphatic heterocycles. The van der Waals surface area contributed by atoms with E-state index < -0.39 is 29.5 Å². The lowest BCUT2D eigenvalue weighted by Gasteiger charge is -2.35. The number of hydrogen-bond acceptors (Lipinski definition) is 7. The highest BCUT2D eigenvalue weighted by atomic mass is 32.1. The van der Waals surface area contributed by atoms with Crippen LogP contribution in [0.25, 0.3) is 10.2 Å². The predicted octanol–water partition coefficient (Wildman–Crippen LogP) is 6.41. The predicted molar refractivity (Wildman–Crippen MR) is 171 cm³/mol. The molecule has 4 aromatic rings. The molecule has 0 aliphatic rings. The smallest absolute Gasteiger partial charge is 0.407 e. The van der Waals surface area contributed by atoms with Crippen LogP contribution in [0.2, 0.25) is 0 Å². The van der Waals surface area contributed by atoms with Crippen LogP contribution < -0.4 is 10.9 Å². The van der Waals surface area contributed by atoms with Gasteiger partial charge in [0.05, 0.1) is 23.7 Å². The molecule has 0 fully saturated rings. The average Bonchev–Trinajstić information content (AvgIpc) is 3.33. The van der Waals surface area contributed by atoms with Gasteiger partial charge in [-0.25, -0.2) is 14.2 Å². The number of benzene rings is 2. The molecule has 1 N–H and O–H groups in total. The minimum Gasteiger partial charge on any atom is -0.444 e. The molecule has 2 amide bonds. The molecule has 0 aliphatic carbocycles. The minimum absolute atomic E-state index is 0.186. The molecule has 0 radical (unpaired) electrons. The summed E-state index contributed by atoms with van der Waals surface area (Å²) in [5, 5.41) is 3.20. The van der Waals surface area contributed by atoms with E-state index in [-0.39, 0.29) is 36.7 Å². The Morgan fingerprint density at radius 1 is 1.11 bits per heavy atom. The zero-order chi connectivity index (χ0) is 32.2. The third-order valence-corrected chi connectivity index (χ3v) is 7.97. The first-order valence-electron chi connectivity index (χ1n) is 14.7. The van der Waals surface area contributed by atoms with E-state index in [1.165, 1.54) is 6.07 Å². The van der Waals surface area contributed by atoms with E-state index in [2.05, 4.69) is 9.69 Å². The Morgan fingerprint density at radius 3 is 2.45 bits per heavy atom. The molecule has 0 saturated carbocycles. The average molecular weight is 622 g/mol. The van der Waals surface area contributed by atoms with Gasteiger partial charge in [-0.05, 0) is 81.7 Å². The highest BCUT2D eigenvalue weighted by Gasteiger charge is 2.33. The number of aryl methyl sites for hydroxylation is 2. The van der Waals surface area contributed by atoms with Crippen molar-refractivity contribution in [2.75, 3.05) is 13.1 Å². The summed E-state index contributed by atoms with van der Waals surface area (Å²) in [5.41, 5.74) is 1.25. The van der Waals surface area contributed by atoms with Gasteiger partial charge in [-0.15, -0.1) is 0 Å². The quantitative estimate of drug-likeness (QED) is 0.205. The Bertz CT molecular complexity index is 1690. The molecular formula is C33H40FN5O4S. The van der Waals surface area contributed by atoms with Crippen LogP contribution in [0.1, 0.15) is 80.1 Å². The van der Waals surface area contributed by atoms with Gasteiger partial charge in [0.2, 0.25) is 0 Å². The normalized spacial score (nSPS) is 12.4. The molecule has 44 heavy (non-hydrogen) atoms. The molecule has 0 spiro atoms. The summed E-state index contributed by atoms with van der Waals surface area (Å²) in [7, 11) is 0. The maximum absolute atomic E-state index is 14.7. The van der Waals surface area contributed by atoms with E-state index in [0.29, 0.717) is 33.7 Å². The largest absolute Gasteiger partial charge is 0.444 e. The Hall–Kier alpha value is -4.12. The number of aromatic nitrogens is 3. The van der Waals surface area contributed by atoms with Crippen LogP contribution in [0.4, 0.5) is 9.18 Å². The van der Waals surface area contributed by atoms with Gasteiger partial charge < -0.3 is 15.0 Å². The van der Waals surface area contributed by atoms with Crippen molar-refractivity contribution in [2.24, 2.45) is 5.92 Å².